The van der Waals surface area contributed by atoms with Crippen LogP contribution in [0.2, 0.25) is 5.15 Å². The van der Waals surface area contributed by atoms with Gasteiger partial charge in [0, 0.05) is 27.9 Å². The lowest BCUT2D eigenvalue weighted by Gasteiger charge is -2.39. The minimum atomic E-state index is -1.25. The molecule has 0 saturated carbocycles. The summed E-state index contributed by atoms with van der Waals surface area (Å²) in [6.07, 6.45) is 0.514. The molecule has 0 saturated heterocycles. The van der Waals surface area contributed by atoms with Crippen molar-refractivity contribution in [3.63, 3.8) is 0 Å². The van der Waals surface area contributed by atoms with Crippen LogP contribution in [0.15, 0.2) is 102 Å². The number of rotatable bonds is 7. The quantitative estimate of drug-likeness (QED) is 0.207. The van der Waals surface area contributed by atoms with E-state index in [1.54, 1.807) is 0 Å². The SMILES string of the molecule is CN(C)CC[C@@](O)(c1cccc2ccccc12)[C@@H](c1ccccc1)c1cc2cc(Br)ccc2nc1Cl. The summed E-state index contributed by atoms with van der Waals surface area (Å²) >= 11 is 10.5. The predicted molar refractivity (Wildman–Crippen MR) is 154 cm³/mol. The Morgan fingerprint density at radius 2 is 1.61 bits per heavy atom. The topological polar surface area (TPSA) is 36.4 Å². The zero-order valence-electron chi connectivity index (χ0n) is 20.3. The maximum atomic E-state index is 12.9. The van der Waals surface area contributed by atoms with Crippen LogP contribution in [0.5, 0.6) is 0 Å². The third kappa shape index (κ3) is 4.79. The molecule has 1 N–H and O–H groups in total. The van der Waals surface area contributed by atoms with Gasteiger partial charge in [-0.2, -0.15) is 0 Å². The molecule has 2 atom stereocenters. The summed E-state index contributed by atoms with van der Waals surface area (Å²) in [6, 6.07) is 32.6. The van der Waals surface area contributed by atoms with Crippen LogP contribution >= 0.6 is 27.5 Å². The van der Waals surface area contributed by atoms with Gasteiger partial charge in [-0.05, 0) is 66.7 Å². The van der Waals surface area contributed by atoms with E-state index >= 15 is 0 Å². The highest BCUT2D eigenvalue weighted by Gasteiger charge is 2.42. The Morgan fingerprint density at radius 1 is 0.889 bits per heavy atom. The minimum absolute atomic E-state index is 0.405. The molecule has 4 aromatic carbocycles. The number of nitrogens with zero attached hydrogens (tertiary/aromatic N) is 2. The maximum Gasteiger partial charge on any atom is 0.133 e. The standard InChI is InChI=1S/C31H28BrClN2O/c1-35(2)18-17-31(36,27-14-8-12-21-9-6-7-13-25(21)27)29(22-10-4-3-5-11-22)26-20-23-19-24(32)15-16-28(23)34-30(26)33/h3-16,19-20,29,36H,17-18H2,1-2H3/t29-,31+/m0/s1. The summed E-state index contributed by atoms with van der Waals surface area (Å²) in [6.45, 7) is 0.702. The first-order valence-electron chi connectivity index (χ1n) is 12.0. The first-order valence-corrected chi connectivity index (χ1v) is 13.2. The first-order chi connectivity index (χ1) is 17.4. The van der Waals surface area contributed by atoms with Crippen molar-refractivity contribution >= 4 is 49.2 Å². The monoisotopic (exact) mass is 558 g/mol. The van der Waals surface area contributed by atoms with E-state index in [-0.39, 0.29) is 0 Å². The molecule has 0 aliphatic rings. The van der Waals surface area contributed by atoms with Crippen molar-refractivity contribution in [3.8, 4) is 0 Å². The molecule has 0 bridgehead atoms. The van der Waals surface area contributed by atoms with Crippen LogP contribution in [0.25, 0.3) is 21.7 Å². The van der Waals surface area contributed by atoms with Crippen LogP contribution in [-0.2, 0) is 5.60 Å². The van der Waals surface area contributed by atoms with Crippen molar-refractivity contribution in [3.05, 3.63) is 123 Å². The van der Waals surface area contributed by atoms with Gasteiger partial charge in [-0.25, -0.2) is 4.98 Å². The van der Waals surface area contributed by atoms with Gasteiger partial charge >= 0.3 is 0 Å². The molecule has 182 valence electrons. The minimum Gasteiger partial charge on any atom is -0.384 e. The predicted octanol–water partition coefficient (Wildman–Crippen LogP) is 7.78. The van der Waals surface area contributed by atoms with Gasteiger partial charge in [-0.1, -0.05) is 100 Å². The third-order valence-corrected chi connectivity index (χ3v) is 7.67. The van der Waals surface area contributed by atoms with Crippen molar-refractivity contribution < 1.29 is 5.11 Å². The highest BCUT2D eigenvalue weighted by Crippen LogP contribution is 2.48. The molecule has 3 nitrogen and oxygen atoms in total. The van der Waals surface area contributed by atoms with Crippen LogP contribution in [0.3, 0.4) is 0 Å². The number of hydrogen-bond donors (Lipinski definition) is 1. The third-order valence-electron chi connectivity index (χ3n) is 6.88. The molecule has 0 radical (unpaired) electrons. The zero-order chi connectivity index (χ0) is 25.3. The molecule has 0 fully saturated rings. The number of hydrogen-bond acceptors (Lipinski definition) is 3. The van der Waals surface area contributed by atoms with Crippen LogP contribution < -0.4 is 0 Å². The molecule has 0 amide bonds. The molecule has 5 rings (SSSR count). The Hall–Kier alpha value is -2.76. The normalized spacial score (nSPS) is 14.3. The van der Waals surface area contributed by atoms with Crippen molar-refractivity contribution in [1.29, 1.82) is 0 Å². The van der Waals surface area contributed by atoms with E-state index in [0.29, 0.717) is 18.1 Å². The Kier molecular flexibility index (Phi) is 7.14. The lowest BCUT2D eigenvalue weighted by molar-refractivity contribution is 0.00586. The fourth-order valence-corrected chi connectivity index (χ4v) is 5.77. The van der Waals surface area contributed by atoms with E-state index < -0.39 is 11.5 Å². The van der Waals surface area contributed by atoms with Gasteiger partial charge in [0.05, 0.1) is 5.52 Å². The Bertz CT molecular complexity index is 1520. The second-order valence-corrected chi connectivity index (χ2v) is 10.8. The molecular weight excluding hydrogens is 532 g/mol. The molecular formula is C31H28BrClN2O. The number of benzene rings is 4. The van der Waals surface area contributed by atoms with Crippen LogP contribution in [-0.4, -0.2) is 35.6 Å². The van der Waals surface area contributed by atoms with E-state index in [2.05, 4.69) is 57.2 Å². The van der Waals surface area contributed by atoms with Crippen molar-refractivity contribution in [2.75, 3.05) is 20.6 Å². The molecule has 0 aliphatic carbocycles. The van der Waals surface area contributed by atoms with Crippen LogP contribution in [0.4, 0.5) is 0 Å². The van der Waals surface area contributed by atoms with Crippen LogP contribution in [0, 0.1) is 0 Å². The molecule has 5 heteroatoms. The van der Waals surface area contributed by atoms with Gasteiger partial charge in [0.1, 0.15) is 10.8 Å². The Morgan fingerprint density at radius 3 is 2.39 bits per heavy atom. The average molecular weight is 560 g/mol. The van der Waals surface area contributed by atoms with E-state index in [1.165, 1.54) is 0 Å². The lowest BCUT2D eigenvalue weighted by Crippen LogP contribution is -2.38. The molecule has 0 unspecified atom stereocenters. The summed E-state index contributed by atoms with van der Waals surface area (Å²) in [5, 5.41) is 16.4. The van der Waals surface area contributed by atoms with Gasteiger partial charge in [0.25, 0.3) is 0 Å². The van der Waals surface area contributed by atoms with Gasteiger partial charge in [0.2, 0.25) is 0 Å². The van der Waals surface area contributed by atoms with Gasteiger partial charge in [0.15, 0.2) is 0 Å². The smallest absolute Gasteiger partial charge is 0.133 e. The fraction of sp³-hybridized carbons (Fsp3) is 0.194. The van der Waals surface area contributed by atoms with E-state index in [4.69, 9.17) is 16.6 Å². The fourth-order valence-electron chi connectivity index (χ4n) is 5.13. The molecule has 1 heterocycles. The summed E-state index contributed by atoms with van der Waals surface area (Å²) in [5.74, 6) is -0.437. The molecule has 36 heavy (non-hydrogen) atoms. The van der Waals surface area contributed by atoms with Gasteiger partial charge < -0.3 is 10.0 Å². The van der Waals surface area contributed by atoms with E-state index in [0.717, 1.165) is 42.8 Å². The molecule has 0 aliphatic heterocycles. The lowest BCUT2D eigenvalue weighted by atomic mass is 9.71. The van der Waals surface area contributed by atoms with Crippen LogP contribution in [0.1, 0.15) is 29.0 Å². The number of pyridine rings is 1. The summed E-state index contributed by atoms with van der Waals surface area (Å²) in [5.41, 5.74) is 2.26. The van der Waals surface area contributed by atoms with E-state index in [1.807, 2.05) is 74.8 Å². The van der Waals surface area contributed by atoms with Crippen molar-refractivity contribution in [2.45, 2.75) is 17.9 Å². The second-order valence-electron chi connectivity index (χ2n) is 9.55. The highest BCUT2D eigenvalue weighted by molar-refractivity contribution is 9.10. The summed E-state index contributed by atoms with van der Waals surface area (Å²) < 4.78 is 0.971. The summed E-state index contributed by atoms with van der Waals surface area (Å²) in [7, 11) is 4.06. The second kappa shape index (κ2) is 10.3. The Balaban J connectivity index is 1.82. The Labute approximate surface area is 225 Å². The number of aliphatic hydroxyl groups is 1. The number of fused-ring (bicyclic) bond motifs is 2. The van der Waals surface area contributed by atoms with Gasteiger partial charge in [-0.15, -0.1) is 0 Å². The average Bonchev–Trinajstić information content (AvgIpc) is 2.88. The van der Waals surface area contributed by atoms with E-state index in [9.17, 15) is 5.11 Å². The molecule has 0 spiro atoms. The number of halogens is 2. The zero-order valence-corrected chi connectivity index (χ0v) is 22.7. The molecule has 5 aromatic rings. The van der Waals surface area contributed by atoms with Crippen molar-refractivity contribution in [1.82, 2.24) is 9.88 Å². The maximum absolute atomic E-state index is 12.9. The van der Waals surface area contributed by atoms with Crippen molar-refractivity contribution in [2.24, 2.45) is 0 Å². The summed E-state index contributed by atoms with van der Waals surface area (Å²) in [4.78, 5) is 6.86. The highest BCUT2D eigenvalue weighted by atomic mass is 79.9. The first kappa shape index (κ1) is 24.9. The largest absolute Gasteiger partial charge is 0.384 e. The number of aromatic nitrogens is 1. The molecule has 1 aromatic heterocycles. The van der Waals surface area contributed by atoms with Gasteiger partial charge in [-0.3, -0.25) is 0 Å².